The van der Waals surface area contributed by atoms with Crippen LogP contribution in [-0.4, -0.2) is 25.3 Å². The SMILES string of the molecule is CCNC(Cc1ccc(I)cc1)C(CC)OCC. The van der Waals surface area contributed by atoms with Crippen molar-refractivity contribution in [2.45, 2.75) is 45.8 Å². The maximum atomic E-state index is 5.84. The highest BCUT2D eigenvalue weighted by molar-refractivity contribution is 14.1. The molecule has 0 radical (unpaired) electrons. The second-order valence-corrected chi connectivity index (χ2v) is 5.64. The van der Waals surface area contributed by atoms with Crippen LogP contribution in [0.4, 0.5) is 0 Å². The first-order chi connectivity index (χ1) is 8.71. The normalized spacial score (nSPS) is 14.4. The lowest BCUT2D eigenvalue weighted by Crippen LogP contribution is -2.42. The Hall–Kier alpha value is -0.130. The minimum atomic E-state index is 0.300. The first kappa shape index (κ1) is 15.9. The summed E-state index contributed by atoms with van der Waals surface area (Å²) in [5, 5.41) is 3.55. The molecule has 0 aliphatic carbocycles. The summed E-state index contributed by atoms with van der Waals surface area (Å²) >= 11 is 2.34. The Morgan fingerprint density at radius 2 is 1.83 bits per heavy atom. The third kappa shape index (κ3) is 5.24. The van der Waals surface area contributed by atoms with E-state index in [9.17, 15) is 0 Å². The summed E-state index contributed by atoms with van der Waals surface area (Å²) in [4.78, 5) is 0. The highest BCUT2D eigenvalue weighted by Crippen LogP contribution is 2.13. The van der Waals surface area contributed by atoms with Crippen LogP contribution < -0.4 is 5.32 Å². The lowest BCUT2D eigenvalue weighted by Gasteiger charge is -2.27. The van der Waals surface area contributed by atoms with Gasteiger partial charge in [0.15, 0.2) is 0 Å². The zero-order valence-corrected chi connectivity index (χ0v) is 13.7. The summed E-state index contributed by atoms with van der Waals surface area (Å²) in [6.07, 6.45) is 2.38. The smallest absolute Gasteiger partial charge is 0.0728 e. The maximum Gasteiger partial charge on any atom is 0.0728 e. The fraction of sp³-hybridized carbons (Fsp3) is 0.600. The van der Waals surface area contributed by atoms with Crippen LogP contribution >= 0.6 is 22.6 Å². The van der Waals surface area contributed by atoms with Gasteiger partial charge in [0.25, 0.3) is 0 Å². The van der Waals surface area contributed by atoms with E-state index in [1.165, 1.54) is 9.13 Å². The second-order valence-electron chi connectivity index (χ2n) is 4.40. The molecule has 2 nitrogen and oxygen atoms in total. The van der Waals surface area contributed by atoms with Crippen LogP contribution in [0, 0.1) is 3.57 Å². The number of likely N-dealkylation sites (N-methyl/N-ethyl adjacent to an activating group) is 1. The van der Waals surface area contributed by atoms with Crippen LogP contribution in [-0.2, 0) is 11.2 Å². The third-order valence-electron chi connectivity index (χ3n) is 3.07. The van der Waals surface area contributed by atoms with Crippen LogP contribution in [0.25, 0.3) is 0 Å². The van der Waals surface area contributed by atoms with Crippen LogP contribution in [0.15, 0.2) is 24.3 Å². The Kier molecular flexibility index (Phi) is 7.86. The van der Waals surface area contributed by atoms with E-state index in [0.29, 0.717) is 12.1 Å². The molecule has 3 heteroatoms. The molecule has 102 valence electrons. The highest BCUT2D eigenvalue weighted by Gasteiger charge is 2.19. The molecular weight excluding hydrogens is 337 g/mol. The van der Waals surface area contributed by atoms with E-state index in [0.717, 1.165) is 26.0 Å². The van der Waals surface area contributed by atoms with Crippen LogP contribution in [0.3, 0.4) is 0 Å². The predicted molar refractivity (Wildman–Crippen MR) is 86.0 cm³/mol. The molecular formula is C15H24INO. The molecule has 2 atom stereocenters. The molecule has 0 aliphatic rings. The number of hydrogen-bond donors (Lipinski definition) is 1. The van der Waals surface area contributed by atoms with E-state index in [2.05, 4.69) is 72.9 Å². The largest absolute Gasteiger partial charge is 0.377 e. The number of benzene rings is 1. The van der Waals surface area contributed by atoms with Gasteiger partial charge in [-0.1, -0.05) is 26.0 Å². The lowest BCUT2D eigenvalue weighted by atomic mass is 9.99. The zero-order chi connectivity index (χ0) is 13.4. The Morgan fingerprint density at radius 3 is 2.33 bits per heavy atom. The molecule has 0 fully saturated rings. The van der Waals surface area contributed by atoms with Gasteiger partial charge >= 0.3 is 0 Å². The Labute approximate surface area is 125 Å². The molecule has 0 spiro atoms. The summed E-state index contributed by atoms with van der Waals surface area (Å²) in [6.45, 7) is 8.18. The summed E-state index contributed by atoms with van der Waals surface area (Å²) in [5.41, 5.74) is 1.37. The monoisotopic (exact) mass is 361 g/mol. The molecule has 0 aliphatic heterocycles. The van der Waals surface area contributed by atoms with Gasteiger partial charge in [0.1, 0.15) is 0 Å². The van der Waals surface area contributed by atoms with E-state index >= 15 is 0 Å². The van der Waals surface area contributed by atoms with Crippen molar-refractivity contribution in [2.75, 3.05) is 13.2 Å². The summed E-state index contributed by atoms with van der Waals surface area (Å²) in [6, 6.07) is 9.16. The van der Waals surface area contributed by atoms with Crippen molar-refractivity contribution in [3.8, 4) is 0 Å². The Morgan fingerprint density at radius 1 is 1.17 bits per heavy atom. The van der Waals surface area contributed by atoms with Crippen LogP contribution in [0.1, 0.15) is 32.8 Å². The first-order valence-electron chi connectivity index (χ1n) is 6.80. The van der Waals surface area contributed by atoms with Crippen molar-refractivity contribution in [3.63, 3.8) is 0 Å². The molecule has 1 N–H and O–H groups in total. The average molecular weight is 361 g/mol. The predicted octanol–water partition coefficient (Wildman–Crippen LogP) is 3.63. The number of halogens is 1. The molecule has 0 heterocycles. The molecule has 18 heavy (non-hydrogen) atoms. The van der Waals surface area contributed by atoms with Gasteiger partial charge in [0.05, 0.1) is 6.10 Å². The lowest BCUT2D eigenvalue weighted by molar-refractivity contribution is 0.0323. The molecule has 0 bridgehead atoms. The quantitative estimate of drug-likeness (QED) is 0.714. The molecule has 0 saturated carbocycles. The molecule has 1 aromatic rings. The molecule has 0 saturated heterocycles. The maximum absolute atomic E-state index is 5.84. The van der Waals surface area contributed by atoms with Gasteiger partial charge in [0, 0.05) is 16.2 Å². The molecule has 1 rings (SSSR count). The van der Waals surface area contributed by atoms with Gasteiger partial charge in [-0.2, -0.15) is 0 Å². The molecule has 2 unspecified atom stereocenters. The van der Waals surface area contributed by atoms with E-state index in [1.807, 2.05) is 0 Å². The standard InChI is InChI=1S/C15H24INO/c1-4-15(18-6-3)14(17-5-2)11-12-7-9-13(16)10-8-12/h7-10,14-15,17H,4-6,11H2,1-3H3. The highest BCUT2D eigenvalue weighted by atomic mass is 127. The number of hydrogen-bond acceptors (Lipinski definition) is 2. The van der Waals surface area contributed by atoms with Crippen molar-refractivity contribution >= 4 is 22.6 Å². The summed E-state index contributed by atoms with van der Waals surface area (Å²) in [5.74, 6) is 0. The van der Waals surface area contributed by atoms with Gasteiger partial charge in [-0.3, -0.25) is 0 Å². The van der Waals surface area contributed by atoms with Gasteiger partial charge in [-0.25, -0.2) is 0 Å². The minimum Gasteiger partial charge on any atom is -0.377 e. The van der Waals surface area contributed by atoms with Gasteiger partial charge < -0.3 is 10.1 Å². The topological polar surface area (TPSA) is 21.3 Å². The molecule has 0 aromatic heterocycles. The van der Waals surface area contributed by atoms with Crippen molar-refractivity contribution in [1.29, 1.82) is 0 Å². The van der Waals surface area contributed by atoms with Crippen molar-refractivity contribution in [3.05, 3.63) is 33.4 Å². The fourth-order valence-electron chi connectivity index (χ4n) is 2.20. The van der Waals surface area contributed by atoms with Crippen LogP contribution in [0.2, 0.25) is 0 Å². The van der Waals surface area contributed by atoms with E-state index in [1.54, 1.807) is 0 Å². The van der Waals surface area contributed by atoms with Gasteiger partial charge in [-0.15, -0.1) is 0 Å². The average Bonchev–Trinajstić information content (AvgIpc) is 2.38. The van der Waals surface area contributed by atoms with Crippen molar-refractivity contribution in [2.24, 2.45) is 0 Å². The summed E-state index contributed by atoms with van der Waals surface area (Å²) in [7, 11) is 0. The number of nitrogens with one attached hydrogen (secondary N) is 1. The number of ether oxygens (including phenoxy) is 1. The van der Waals surface area contributed by atoms with E-state index < -0.39 is 0 Å². The van der Waals surface area contributed by atoms with Gasteiger partial charge in [0.2, 0.25) is 0 Å². The van der Waals surface area contributed by atoms with Crippen molar-refractivity contribution < 1.29 is 4.74 Å². The van der Waals surface area contributed by atoms with Crippen molar-refractivity contribution in [1.82, 2.24) is 5.32 Å². The van der Waals surface area contributed by atoms with Crippen LogP contribution in [0.5, 0.6) is 0 Å². The first-order valence-corrected chi connectivity index (χ1v) is 7.88. The molecule has 1 aromatic carbocycles. The minimum absolute atomic E-state index is 0.300. The Balaban J connectivity index is 2.68. The fourth-order valence-corrected chi connectivity index (χ4v) is 2.56. The van der Waals surface area contributed by atoms with Gasteiger partial charge in [-0.05, 0) is 66.6 Å². The van der Waals surface area contributed by atoms with E-state index in [-0.39, 0.29) is 0 Å². The summed E-state index contributed by atoms with van der Waals surface area (Å²) < 4.78 is 7.12. The third-order valence-corrected chi connectivity index (χ3v) is 3.79. The zero-order valence-electron chi connectivity index (χ0n) is 11.6. The number of rotatable bonds is 8. The molecule has 0 amide bonds. The second kappa shape index (κ2) is 8.88. The van der Waals surface area contributed by atoms with E-state index in [4.69, 9.17) is 4.74 Å². The Bertz CT molecular complexity index is 326.